The van der Waals surface area contributed by atoms with Crippen molar-refractivity contribution in [3.05, 3.63) is 73.8 Å². The summed E-state index contributed by atoms with van der Waals surface area (Å²) in [5.74, 6) is -1.15. The summed E-state index contributed by atoms with van der Waals surface area (Å²) in [5.41, 5.74) is -0.778. The van der Waals surface area contributed by atoms with Gasteiger partial charge in [0.1, 0.15) is 5.69 Å². The summed E-state index contributed by atoms with van der Waals surface area (Å²) in [4.78, 5) is 47.8. The van der Waals surface area contributed by atoms with Crippen molar-refractivity contribution in [2.75, 3.05) is 25.1 Å². The Bertz CT molecular complexity index is 999. The third kappa shape index (κ3) is 4.12. The highest BCUT2D eigenvalue weighted by Crippen LogP contribution is 2.38. The van der Waals surface area contributed by atoms with Gasteiger partial charge < -0.3 is 9.64 Å². The second kappa shape index (κ2) is 8.68. The molecule has 0 aliphatic carbocycles. The molecule has 1 fully saturated rings. The van der Waals surface area contributed by atoms with Gasteiger partial charge in [-0.05, 0) is 12.8 Å². The summed E-state index contributed by atoms with van der Waals surface area (Å²) in [5, 5.41) is 22.8. The van der Waals surface area contributed by atoms with Crippen LogP contribution in [0.1, 0.15) is 33.6 Å². The second-order valence-electron chi connectivity index (χ2n) is 6.86. The molecule has 0 unspecified atom stereocenters. The quantitative estimate of drug-likeness (QED) is 0.304. The number of ketones is 1. The monoisotopic (exact) mass is 413 g/mol. The van der Waals surface area contributed by atoms with E-state index in [1.165, 1.54) is 0 Å². The zero-order chi connectivity index (χ0) is 21.8. The summed E-state index contributed by atoms with van der Waals surface area (Å²) < 4.78 is 4.69. The summed E-state index contributed by atoms with van der Waals surface area (Å²) >= 11 is 0. The normalized spacial score (nSPS) is 14.2. The van der Waals surface area contributed by atoms with Crippen molar-refractivity contribution < 1.29 is 24.2 Å². The van der Waals surface area contributed by atoms with Crippen molar-refractivity contribution in [2.45, 2.75) is 12.8 Å². The van der Waals surface area contributed by atoms with Crippen molar-refractivity contribution >= 4 is 28.8 Å². The first-order valence-corrected chi connectivity index (χ1v) is 9.22. The van der Waals surface area contributed by atoms with E-state index in [1.807, 2.05) is 6.07 Å². The van der Waals surface area contributed by atoms with Crippen LogP contribution in [0.5, 0.6) is 0 Å². The van der Waals surface area contributed by atoms with Crippen LogP contribution in [0.2, 0.25) is 0 Å². The molecule has 0 saturated carbocycles. The SMILES string of the molecule is COC(=O)c1cc([N+](=O)[O-])cc([N+](=O)[O-])c1N1CCC(C(=O)c2ccccc2)CC1. The molecule has 3 rings (SSSR count). The molecule has 0 bridgehead atoms. The molecule has 156 valence electrons. The van der Waals surface area contributed by atoms with Crippen LogP contribution in [-0.2, 0) is 4.74 Å². The van der Waals surface area contributed by atoms with Gasteiger partial charge in [0, 0.05) is 30.6 Å². The summed E-state index contributed by atoms with van der Waals surface area (Å²) in [6.07, 6.45) is 0.866. The molecule has 30 heavy (non-hydrogen) atoms. The number of hydrogen-bond donors (Lipinski definition) is 0. The number of anilines is 1. The highest BCUT2D eigenvalue weighted by atomic mass is 16.6. The van der Waals surface area contributed by atoms with Gasteiger partial charge in [-0.15, -0.1) is 0 Å². The van der Waals surface area contributed by atoms with Crippen LogP contribution in [0.25, 0.3) is 0 Å². The van der Waals surface area contributed by atoms with E-state index in [1.54, 1.807) is 29.2 Å². The number of benzene rings is 2. The van der Waals surface area contributed by atoms with Gasteiger partial charge in [0.2, 0.25) is 0 Å². The summed E-state index contributed by atoms with van der Waals surface area (Å²) in [7, 11) is 1.10. The van der Waals surface area contributed by atoms with Gasteiger partial charge in [0.15, 0.2) is 5.78 Å². The van der Waals surface area contributed by atoms with Crippen molar-refractivity contribution in [2.24, 2.45) is 5.92 Å². The summed E-state index contributed by atoms with van der Waals surface area (Å²) in [6, 6.07) is 10.7. The van der Waals surface area contributed by atoms with E-state index < -0.39 is 27.2 Å². The molecule has 0 N–H and O–H groups in total. The largest absolute Gasteiger partial charge is 0.465 e. The maximum absolute atomic E-state index is 12.7. The number of methoxy groups -OCH3 is 1. The Morgan fingerprint density at radius 2 is 1.67 bits per heavy atom. The van der Waals surface area contributed by atoms with E-state index in [2.05, 4.69) is 4.74 Å². The second-order valence-corrected chi connectivity index (χ2v) is 6.86. The van der Waals surface area contributed by atoms with Crippen molar-refractivity contribution in [3.63, 3.8) is 0 Å². The van der Waals surface area contributed by atoms with Crippen LogP contribution < -0.4 is 4.90 Å². The van der Waals surface area contributed by atoms with E-state index in [9.17, 15) is 29.8 Å². The van der Waals surface area contributed by atoms with Crippen LogP contribution in [0.3, 0.4) is 0 Å². The first-order chi connectivity index (χ1) is 14.3. The number of rotatable bonds is 6. The summed E-state index contributed by atoms with van der Waals surface area (Å²) in [6.45, 7) is 0.567. The molecule has 10 heteroatoms. The Balaban J connectivity index is 1.92. The number of hydrogen-bond acceptors (Lipinski definition) is 8. The minimum absolute atomic E-state index is 0.00152. The Morgan fingerprint density at radius 1 is 1.03 bits per heavy atom. The van der Waals surface area contributed by atoms with E-state index in [-0.39, 0.29) is 36.0 Å². The number of ether oxygens (including phenoxy) is 1. The fraction of sp³-hybridized carbons (Fsp3) is 0.300. The Hall–Kier alpha value is -3.82. The lowest BCUT2D eigenvalue weighted by molar-refractivity contribution is -0.393. The number of nitrogens with zero attached hydrogens (tertiary/aromatic N) is 3. The van der Waals surface area contributed by atoms with Crippen LogP contribution in [-0.4, -0.2) is 41.8 Å². The van der Waals surface area contributed by atoms with Gasteiger partial charge in [-0.3, -0.25) is 25.0 Å². The predicted molar refractivity (Wildman–Crippen MR) is 107 cm³/mol. The molecule has 1 aliphatic heterocycles. The van der Waals surface area contributed by atoms with E-state index in [0.29, 0.717) is 18.4 Å². The van der Waals surface area contributed by atoms with Gasteiger partial charge in [0.25, 0.3) is 11.4 Å². The maximum Gasteiger partial charge on any atom is 0.340 e. The van der Waals surface area contributed by atoms with Crippen LogP contribution in [0, 0.1) is 26.1 Å². The van der Waals surface area contributed by atoms with Crippen LogP contribution >= 0.6 is 0 Å². The first kappa shape index (κ1) is 20.9. The van der Waals surface area contributed by atoms with Crippen molar-refractivity contribution in [1.29, 1.82) is 0 Å². The van der Waals surface area contributed by atoms with Crippen molar-refractivity contribution in [3.8, 4) is 0 Å². The molecule has 2 aromatic rings. The number of non-ortho nitro benzene ring substituents is 1. The topological polar surface area (TPSA) is 133 Å². The van der Waals surface area contributed by atoms with Crippen LogP contribution in [0.15, 0.2) is 42.5 Å². The number of Topliss-reactive ketones (excluding diaryl/α,β-unsaturated/α-hetero) is 1. The molecule has 1 saturated heterocycles. The smallest absolute Gasteiger partial charge is 0.340 e. The minimum Gasteiger partial charge on any atom is -0.465 e. The lowest BCUT2D eigenvalue weighted by Gasteiger charge is -2.33. The third-order valence-corrected chi connectivity index (χ3v) is 5.13. The molecule has 0 aromatic heterocycles. The molecule has 0 spiro atoms. The van der Waals surface area contributed by atoms with E-state index in [4.69, 9.17) is 0 Å². The average molecular weight is 413 g/mol. The minimum atomic E-state index is -0.903. The Kier molecular flexibility index (Phi) is 6.05. The van der Waals surface area contributed by atoms with Gasteiger partial charge >= 0.3 is 5.97 Å². The predicted octanol–water partition coefficient (Wildman–Crippen LogP) is 3.39. The highest BCUT2D eigenvalue weighted by Gasteiger charge is 2.34. The molecule has 10 nitrogen and oxygen atoms in total. The molecular formula is C20H19N3O7. The Morgan fingerprint density at radius 3 is 2.20 bits per heavy atom. The highest BCUT2D eigenvalue weighted by molar-refractivity contribution is 6.00. The molecule has 0 atom stereocenters. The fourth-order valence-electron chi connectivity index (χ4n) is 3.65. The zero-order valence-electron chi connectivity index (χ0n) is 16.1. The lowest BCUT2D eigenvalue weighted by atomic mass is 9.88. The molecule has 0 radical (unpaired) electrons. The molecule has 0 amide bonds. The Labute approximate surface area is 171 Å². The molecule has 1 aliphatic rings. The third-order valence-electron chi connectivity index (χ3n) is 5.13. The average Bonchev–Trinajstić information content (AvgIpc) is 2.77. The molecule has 2 aromatic carbocycles. The fourth-order valence-corrected chi connectivity index (χ4v) is 3.65. The first-order valence-electron chi connectivity index (χ1n) is 9.22. The number of piperidine rings is 1. The van der Waals surface area contributed by atoms with E-state index in [0.717, 1.165) is 19.2 Å². The van der Waals surface area contributed by atoms with Gasteiger partial charge in [0.05, 0.1) is 28.6 Å². The number of nitro benzene ring substituents is 2. The van der Waals surface area contributed by atoms with E-state index >= 15 is 0 Å². The molecular weight excluding hydrogens is 394 g/mol. The van der Waals surface area contributed by atoms with Gasteiger partial charge in [-0.2, -0.15) is 0 Å². The van der Waals surface area contributed by atoms with Crippen molar-refractivity contribution in [1.82, 2.24) is 0 Å². The van der Waals surface area contributed by atoms with Gasteiger partial charge in [-0.1, -0.05) is 30.3 Å². The number of carbonyl (C=O) groups is 2. The number of nitro groups is 2. The van der Waals surface area contributed by atoms with Crippen LogP contribution in [0.4, 0.5) is 17.1 Å². The molecule has 1 heterocycles. The number of carbonyl (C=O) groups excluding carboxylic acids is 2. The number of esters is 1. The standard InChI is InChI=1S/C20H19N3O7/c1-30-20(25)16-11-15(22(26)27)12-17(23(28)29)18(16)21-9-7-14(8-10-21)19(24)13-5-3-2-4-6-13/h2-6,11-12,14H,7-10H2,1H3. The lowest BCUT2D eigenvalue weighted by Crippen LogP contribution is -2.37. The maximum atomic E-state index is 12.7. The van der Waals surface area contributed by atoms with Gasteiger partial charge in [-0.25, -0.2) is 4.79 Å². The zero-order valence-corrected chi connectivity index (χ0v) is 16.1.